The number of aromatic nitrogens is 2. The summed E-state index contributed by atoms with van der Waals surface area (Å²) in [6, 6.07) is 5.90. The molecule has 4 N–H and O–H groups in total. The number of nitrogens with two attached hydrogens (primary N) is 1. The van der Waals surface area contributed by atoms with E-state index in [2.05, 4.69) is 15.5 Å². The first kappa shape index (κ1) is 11.2. The second-order valence-electron chi connectivity index (χ2n) is 4.90. The van der Waals surface area contributed by atoms with Crippen LogP contribution >= 0.6 is 0 Å². The molecule has 1 amide bonds. The van der Waals surface area contributed by atoms with Gasteiger partial charge in [-0.25, -0.2) is 0 Å². The summed E-state index contributed by atoms with van der Waals surface area (Å²) in [7, 11) is 0. The quantitative estimate of drug-likeness (QED) is 0.750. The van der Waals surface area contributed by atoms with E-state index in [0.717, 1.165) is 35.9 Å². The molecule has 2 atom stereocenters. The van der Waals surface area contributed by atoms with Crippen LogP contribution in [-0.2, 0) is 4.79 Å². The van der Waals surface area contributed by atoms with Crippen molar-refractivity contribution in [1.29, 1.82) is 0 Å². The lowest BCUT2D eigenvalue weighted by atomic mass is 10.1. The van der Waals surface area contributed by atoms with Crippen LogP contribution in [0.15, 0.2) is 24.4 Å². The molecule has 0 bridgehead atoms. The number of rotatable bonds is 2. The number of hydrogen-bond donors (Lipinski definition) is 3. The van der Waals surface area contributed by atoms with Gasteiger partial charge in [0.1, 0.15) is 0 Å². The molecule has 1 fully saturated rings. The molecule has 1 heterocycles. The van der Waals surface area contributed by atoms with E-state index >= 15 is 0 Å². The minimum atomic E-state index is 0.0437. The fraction of sp³-hybridized carbons (Fsp3) is 0.385. The summed E-state index contributed by atoms with van der Waals surface area (Å²) in [5.41, 5.74) is 7.57. The second kappa shape index (κ2) is 4.42. The Bertz CT molecular complexity index is 577. The zero-order chi connectivity index (χ0) is 12.5. The highest BCUT2D eigenvalue weighted by atomic mass is 16.1. The minimum absolute atomic E-state index is 0.0437. The number of H-pyrrole nitrogens is 1. The van der Waals surface area contributed by atoms with Crippen LogP contribution in [0.1, 0.15) is 19.3 Å². The van der Waals surface area contributed by atoms with E-state index in [-0.39, 0.29) is 17.9 Å². The van der Waals surface area contributed by atoms with Crippen LogP contribution in [-0.4, -0.2) is 22.1 Å². The number of benzene rings is 1. The minimum Gasteiger partial charge on any atom is -0.328 e. The average molecular weight is 244 g/mol. The first-order chi connectivity index (χ1) is 8.74. The van der Waals surface area contributed by atoms with Crippen molar-refractivity contribution in [3.63, 3.8) is 0 Å². The lowest BCUT2D eigenvalue weighted by Gasteiger charge is -2.11. The predicted molar refractivity (Wildman–Crippen MR) is 70.0 cm³/mol. The normalized spacial score (nSPS) is 23.4. The molecule has 5 nitrogen and oxygen atoms in total. The van der Waals surface area contributed by atoms with Crippen molar-refractivity contribution >= 4 is 22.5 Å². The van der Waals surface area contributed by atoms with Crippen molar-refractivity contribution in [1.82, 2.24) is 10.2 Å². The van der Waals surface area contributed by atoms with Gasteiger partial charge in [-0.3, -0.25) is 9.89 Å². The van der Waals surface area contributed by atoms with Crippen LogP contribution < -0.4 is 11.1 Å². The Balaban J connectivity index is 1.80. The Morgan fingerprint density at radius 1 is 1.44 bits per heavy atom. The number of nitrogens with one attached hydrogen (secondary N) is 2. The van der Waals surface area contributed by atoms with Gasteiger partial charge in [-0.2, -0.15) is 5.10 Å². The molecule has 1 aromatic carbocycles. The van der Waals surface area contributed by atoms with Gasteiger partial charge in [0, 0.05) is 17.3 Å². The molecule has 0 radical (unpaired) electrons. The SMILES string of the molecule is NC1CCC(C(=O)Nc2cccc3[nH]ncc23)C1. The monoisotopic (exact) mass is 244 g/mol. The van der Waals surface area contributed by atoms with E-state index in [1.165, 1.54) is 0 Å². The third kappa shape index (κ3) is 1.97. The Kier molecular flexibility index (Phi) is 2.76. The molecule has 1 aliphatic carbocycles. The van der Waals surface area contributed by atoms with Gasteiger partial charge >= 0.3 is 0 Å². The molecule has 2 aromatic rings. The second-order valence-corrected chi connectivity index (χ2v) is 4.90. The molecule has 3 rings (SSSR count). The topological polar surface area (TPSA) is 83.8 Å². The number of fused-ring (bicyclic) bond motifs is 1. The number of aromatic amines is 1. The third-order valence-electron chi connectivity index (χ3n) is 3.59. The first-order valence-corrected chi connectivity index (χ1v) is 6.22. The standard InChI is InChI=1S/C13H16N4O/c14-9-5-4-8(6-9)13(18)16-11-2-1-3-12-10(11)7-15-17-12/h1-3,7-9H,4-6,14H2,(H,15,17)(H,16,18). The van der Waals surface area contributed by atoms with Gasteiger partial charge in [-0.1, -0.05) is 6.07 Å². The van der Waals surface area contributed by atoms with Crippen molar-refractivity contribution in [2.75, 3.05) is 5.32 Å². The Hall–Kier alpha value is -1.88. The van der Waals surface area contributed by atoms with E-state index in [0.29, 0.717) is 0 Å². The van der Waals surface area contributed by atoms with Crippen LogP contribution in [0, 0.1) is 5.92 Å². The van der Waals surface area contributed by atoms with Gasteiger partial charge in [0.2, 0.25) is 5.91 Å². The van der Waals surface area contributed by atoms with Crippen LogP contribution in [0.4, 0.5) is 5.69 Å². The molecule has 18 heavy (non-hydrogen) atoms. The zero-order valence-corrected chi connectivity index (χ0v) is 10.0. The molecule has 1 saturated carbocycles. The summed E-state index contributed by atoms with van der Waals surface area (Å²) < 4.78 is 0. The fourth-order valence-electron chi connectivity index (χ4n) is 2.57. The third-order valence-corrected chi connectivity index (χ3v) is 3.59. The number of carbonyl (C=O) groups is 1. The van der Waals surface area contributed by atoms with E-state index in [4.69, 9.17) is 5.73 Å². The van der Waals surface area contributed by atoms with Gasteiger partial charge in [0.15, 0.2) is 0 Å². The molecule has 94 valence electrons. The Morgan fingerprint density at radius 2 is 2.33 bits per heavy atom. The van der Waals surface area contributed by atoms with Crippen molar-refractivity contribution in [2.45, 2.75) is 25.3 Å². The van der Waals surface area contributed by atoms with E-state index in [1.807, 2.05) is 18.2 Å². The number of hydrogen-bond acceptors (Lipinski definition) is 3. The summed E-state index contributed by atoms with van der Waals surface area (Å²) in [4.78, 5) is 12.1. The number of nitrogens with zero attached hydrogens (tertiary/aromatic N) is 1. The van der Waals surface area contributed by atoms with Gasteiger partial charge in [-0.15, -0.1) is 0 Å². The molecular weight excluding hydrogens is 228 g/mol. The maximum atomic E-state index is 12.1. The molecule has 2 unspecified atom stereocenters. The molecule has 0 saturated heterocycles. The lowest BCUT2D eigenvalue weighted by molar-refractivity contribution is -0.119. The van der Waals surface area contributed by atoms with E-state index < -0.39 is 0 Å². The zero-order valence-electron chi connectivity index (χ0n) is 10.0. The highest BCUT2D eigenvalue weighted by molar-refractivity contribution is 6.01. The maximum Gasteiger partial charge on any atom is 0.227 e. The summed E-state index contributed by atoms with van der Waals surface area (Å²) in [5, 5.41) is 10.8. The predicted octanol–water partition coefficient (Wildman–Crippen LogP) is 1.63. The van der Waals surface area contributed by atoms with Crippen LogP contribution in [0.5, 0.6) is 0 Å². The van der Waals surface area contributed by atoms with Crippen LogP contribution in [0.2, 0.25) is 0 Å². The Morgan fingerprint density at radius 3 is 3.11 bits per heavy atom. The number of amides is 1. The highest BCUT2D eigenvalue weighted by Crippen LogP contribution is 2.27. The molecule has 5 heteroatoms. The summed E-state index contributed by atoms with van der Waals surface area (Å²) in [6.45, 7) is 0. The molecule has 1 aromatic heterocycles. The van der Waals surface area contributed by atoms with Gasteiger partial charge < -0.3 is 11.1 Å². The summed E-state index contributed by atoms with van der Waals surface area (Å²) >= 11 is 0. The van der Waals surface area contributed by atoms with E-state index in [1.54, 1.807) is 6.20 Å². The first-order valence-electron chi connectivity index (χ1n) is 6.22. The maximum absolute atomic E-state index is 12.1. The van der Waals surface area contributed by atoms with Gasteiger partial charge in [0.25, 0.3) is 0 Å². The summed E-state index contributed by atoms with van der Waals surface area (Å²) in [6.07, 6.45) is 4.33. The number of anilines is 1. The summed E-state index contributed by atoms with van der Waals surface area (Å²) in [5.74, 6) is 0.110. The van der Waals surface area contributed by atoms with Gasteiger partial charge in [-0.05, 0) is 31.4 Å². The number of carbonyl (C=O) groups excluding carboxylic acids is 1. The fourth-order valence-corrected chi connectivity index (χ4v) is 2.57. The lowest BCUT2D eigenvalue weighted by Crippen LogP contribution is -2.23. The molecule has 0 spiro atoms. The molecule has 1 aliphatic rings. The van der Waals surface area contributed by atoms with Crippen LogP contribution in [0.3, 0.4) is 0 Å². The van der Waals surface area contributed by atoms with Gasteiger partial charge in [0.05, 0.1) is 17.4 Å². The van der Waals surface area contributed by atoms with Crippen molar-refractivity contribution in [3.05, 3.63) is 24.4 Å². The van der Waals surface area contributed by atoms with Crippen molar-refractivity contribution in [3.8, 4) is 0 Å². The van der Waals surface area contributed by atoms with E-state index in [9.17, 15) is 4.79 Å². The molecule has 0 aliphatic heterocycles. The smallest absolute Gasteiger partial charge is 0.227 e. The largest absolute Gasteiger partial charge is 0.328 e. The molecular formula is C13H16N4O. The van der Waals surface area contributed by atoms with Crippen LogP contribution in [0.25, 0.3) is 10.9 Å². The Labute approximate surface area is 105 Å². The van der Waals surface area contributed by atoms with Crippen molar-refractivity contribution < 1.29 is 4.79 Å². The van der Waals surface area contributed by atoms with Crippen molar-refractivity contribution in [2.24, 2.45) is 11.7 Å². The highest BCUT2D eigenvalue weighted by Gasteiger charge is 2.27. The average Bonchev–Trinajstić information content (AvgIpc) is 2.97.